The molecule has 0 bridgehead atoms. The molecule has 146 valence electrons. The first kappa shape index (κ1) is 18.7. The second kappa shape index (κ2) is 7.43. The van der Waals surface area contributed by atoms with Gasteiger partial charge in [-0.2, -0.15) is 5.10 Å². The number of fused-ring (bicyclic) bond motifs is 1. The number of hydrogen-bond acceptors (Lipinski definition) is 4. The highest BCUT2D eigenvalue weighted by molar-refractivity contribution is 6.38. The Hall–Kier alpha value is -2.60. The number of halogens is 1. The lowest BCUT2D eigenvalue weighted by molar-refractivity contribution is 0.0683. The summed E-state index contributed by atoms with van der Waals surface area (Å²) < 4.78 is 7.04. The van der Waals surface area contributed by atoms with Crippen molar-refractivity contribution >= 4 is 28.5 Å². The summed E-state index contributed by atoms with van der Waals surface area (Å²) >= 11 is 6.69. The van der Waals surface area contributed by atoms with Gasteiger partial charge in [-0.25, -0.2) is 9.67 Å². The summed E-state index contributed by atoms with van der Waals surface area (Å²) in [6, 6.07) is 7.58. The van der Waals surface area contributed by atoms with E-state index in [-0.39, 0.29) is 5.91 Å². The third kappa shape index (κ3) is 3.22. The molecule has 0 spiro atoms. The fourth-order valence-electron chi connectivity index (χ4n) is 3.82. The van der Waals surface area contributed by atoms with Crippen molar-refractivity contribution in [3.05, 3.63) is 46.7 Å². The minimum Gasteiger partial charge on any atom is -0.497 e. The number of ether oxygens (including phenoxy) is 1. The van der Waals surface area contributed by atoms with Crippen molar-refractivity contribution in [1.82, 2.24) is 19.7 Å². The molecule has 28 heavy (non-hydrogen) atoms. The summed E-state index contributed by atoms with van der Waals surface area (Å²) in [5, 5.41) is 5.74. The number of likely N-dealkylation sites (tertiary alicyclic amines) is 1. The Morgan fingerprint density at radius 3 is 2.93 bits per heavy atom. The van der Waals surface area contributed by atoms with E-state index in [4.69, 9.17) is 16.3 Å². The van der Waals surface area contributed by atoms with Gasteiger partial charge in [0.25, 0.3) is 5.91 Å². The summed E-state index contributed by atoms with van der Waals surface area (Å²) in [5.41, 5.74) is 2.62. The first-order chi connectivity index (χ1) is 13.5. The SMILES string of the molecule is COc1cccc(-n2nc(C)c3c(Cl)c(C(=O)N4CCC[C@@H](C)C4)cnc32)c1. The highest BCUT2D eigenvalue weighted by atomic mass is 35.5. The second-order valence-electron chi connectivity index (χ2n) is 7.38. The van der Waals surface area contributed by atoms with Crippen LogP contribution in [0.15, 0.2) is 30.5 Å². The fourth-order valence-corrected chi connectivity index (χ4v) is 4.17. The molecule has 3 heterocycles. The van der Waals surface area contributed by atoms with Crippen LogP contribution in [-0.2, 0) is 0 Å². The average molecular weight is 399 g/mol. The third-order valence-electron chi connectivity index (χ3n) is 5.28. The lowest BCUT2D eigenvalue weighted by Crippen LogP contribution is -2.39. The van der Waals surface area contributed by atoms with Gasteiger partial charge in [0.15, 0.2) is 5.65 Å². The molecule has 6 nitrogen and oxygen atoms in total. The van der Waals surface area contributed by atoms with Gasteiger partial charge < -0.3 is 9.64 Å². The number of carbonyl (C=O) groups is 1. The molecule has 1 aromatic carbocycles. The van der Waals surface area contributed by atoms with E-state index in [0.29, 0.717) is 27.5 Å². The molecule has 0 saturated carbocycles. The molecule has 0 N–H and O–H groups in total. The van der Waals surface area contributed by atoms with Crippen LogP contribution in [0.3, 0.4) is 0 Å². The van der Waals surface area contributed by atoms with Crippen LogP contribution in [0.25, 0.3) is 16.7 Å². The summed E-state index contributed by atoms with van der Waals surface area (Å²) in [7, 11) is 1.63. The van der Waals surface area contributed by atoms with Gasteiger partial charge in [0.05, 0.1) is 34.5 Å². The van der Waals surface area contributed by atoms with Crippen LogP contribution in [0.1, 0.15) is 35.8 Å². The van der Waals surface area contributed by atoms with Crippen LogP contribution in [-0.4, -0.2) is 45.8 Å². The molecule has 1 atom stereocenters. The topological polar surface area (TPSA) is 60.3 Å². The van der Waals surface area contributed by atoms with Gasteiger partial charge in [0, 0.05) is 25.4 Å². The van der Waals surface area contributed by atoms with Gasteiger partial charge in [-0.05, 0) is 37.8 Å². The molecule has 7 heteroatoms. The Labute approximate surface area is 169 Å². The molecule has 0 radical (unpaired) electrons. The molecule has 4 rings (SSSR count). The molecule has 1 aliphatic rings. The van der Waals surface area contributed by atoms with Gasteiger partial charge >= 0.3 is 0 Å². The second-order valence-corrected chi connectivity index (χ2v) is 7.76. The predicted molar refractivity (Wildman–Crippen MR) is 109 cm³/mol. The van der Waals surface area contributed by atoms with Crippen LogP contribution >= 0.6 is 11.6 Å². The summed E-state index contributed by atoms with van der Waals surface area (Å²) in [5.74, 6) is 1.18. The molecule has 1 aliphatic heterocycles. The Bertz CT molecular complexity index is 1050. The van der Waals surface area contributed by atoms with Crippen molar-refractivity contribution in [2.24, 2.45) is 5.92 Å². The lowest BCUT2D eigenvalue weighted by atomic mass is 9.99. The number of aromatic nitrogens is 3. The van der Waals surface area contributed by atoms with Crippen LogP contribution in [0, 0.1) is 12.8 Å². The normalized spacial score (nSPS) is 17.1. The van der Waals surface area contributed by atoms with Gasteiger partial charge in [0.1, 0.15) is 5.75 Å². The minimum atomic E-state index is -0.0560. The Balaban J connectivity index is 1.78. The zero-order valence-corrected chi connectivity index (χ0v) is 17.0. The first-order valence-electron chi connectivity index (χ1n) is 9.47. The summed E-state index contributed by atoms with van der Waals surface area (Å²) in [6.45, 7) is 5.57. The van der Waals surface area contributed by atoms with Gasteiger partial charge in [-0.3, -0.25) is 4.79 Å². The molecular formula is C21H23ClN4O2. The van der Waals surface area contributed by atoms with Crippen molar-refractivity contribution in [2.45, 2.75) is 26.7 Å². The van der Waals surface area contributed by atoms with E-state index < -0.39 is 0 Å². The number of nitrogens with zero attached hydrogens (tertiary/aromatic N) is 4. The number of pyridine rings is 1. The Morgan fingerprint density at radius 1 is 1.36 bits per heavy atom. The molecule has 3 aromatic rings. The van der Waals surface area contributed by atoms with Crippen molar-refractivity contribution in [2.75, 3.05) is 20.2 Å². The highest BCUT2D eigenvalue weighted by Crippen LogP contribution is 2.32. The minimum absolute atomic E-state index is 0.0560. The van der Waals surface area contributed by atoms with E-state index in [2.05, 4.69) is 17.0 Å². The number of piperidine rings is 1. The van der Waals surface area contributed by atoms with E-state index in [1.54, 1.807) is 18.0 Å². The van der Waals surface area contributed by atoms with Crippen LogP contribution in [0.4, 0.5) is 0 Å². The zero-order valence-electron chi connectivity index (χ0n) is 16.3. The largest absolute Gasteiger partial charge is 0.497 e. The Morgan fingerprint density at radius 2 is 2.18 bits per heavy atom. The number of amides is 1. The van der Waals surface area contributed by atoms with E-state index in [0.717, 1.165) is 43.1 Å². The molecule has 0 unspecified atom stereocenters. The predicted octanol–water partition coefficient (Wildman–Crippen LogP) is 4.26. The van der Waals surface area contributed by atoms with Crippen LogP contribution in [0.5, 0.6) is 5.75 Å². The van der Waals surface area contributed by atoms with Crippen molar-refractivity contribution in [1.29, 1.82) is 0 Å². The molecule has 1 fully saturated rings. The quantitative estimate of drug-likeness (QED) is 0.661. The van der Waals surface area contributed by atoms with Crippen molar-refractivity contribution in [3.63, 3.8) is 0 Å². The highest BCUT2D eigenvalue weighted by Gasteiger charge is 2.26. The van der Waals surface area contributed by atoms with Crippen molar-refractivity contribution in [3.8, 4) is 11.4 Å². The van der Waals surface area contributed by atoms with E-state index in [9.17, 15) is 4.79 Å². The smallest absolute Gasteiger partial charge is 0.256 e. The maximum Gasteiger partial charge on any atom is 0.256 e. The van der Waals surface area contributed by atoms with Crippen LogP contribution in [0.2, 0.25) is 5.02 Å². The number of benzene rings is 1. The third-order valence-corrected chi connectivity index (χ3v) is 5.67. The summed E-state index contributed by atoms with van der Waals surface area (Å²) in [6.07, 6.45) is 3.75. The molecule has 0 aliphatic carbocycles. The Kier molecular flexibility index (Phi) is 4.98. The van der Waals surface area contributed by atoms with Crippen LogP contribution < -0.4 is 4.74 Å². The zero-order chi connectivity index (χ0) is 19.8. The van der Waals surface area contributed by atoms with E-state index in [1.165, 1.54) is 0 Å². The number of aryl methyl sites for hydroxylation is 1. The average Bonchev–Trinajstić information content (AvgIpc) is 3.05. The first-order valence-corrected chi connectivity index (χ1v) is 9.85. The molecule has 1 saturated heterocycles. The standard InChI is InChI=1S/C21H23ClN4O2/c1-13-6-5-9-25(12-13)21(27)17-11-23-20-18(19(17)22)14(2)24-26(20)15-7-4-8-16(10-15)28-3/h4,7-8,10-11,13H,5-6,9,12H2,1-3H3/t13-/m1/s1. The van der Waals surface area contributed by atoms with Crippen molar-refractivity contribution < 1.29 is 9.53 Å². The lowest BCUT2D eigenvalue weighted by Gasteiger charge is -2.31. The van der Waals surface area contributed by atoms with Gasteiger partial charge in [-0.15, -0.1) is 0 Å². The van der Waals surface area contributed by atoms with E-state index >= 15 is 0 Å². The fraction of sp³-hybridized carbons (Fsp3) is 0.381. The van der Waals surface area contributed by atoms with E-state index in [1.807, 2.05) is 36.1 Å². The maximum atomic E-state index is 13.0. The monoisotopic (exact) mass is 398 g/mol. The van der Waals surface area contributed by atoms with Gasteiger partial charge in [-0.1, -0.05) is 24.6 Å². The van der Waals surface area contributed by atoms with Gasteiger partial charge in [0.2, 0.25) is 0 Å². The molecule has 2 aromatic heterocycles. The molecular weight excluding hydrogens is 376 g/mol. The number of hydrogen-bond donors (Lipinski definition) is 0. The maximum absolute atomic E-state index is 13.0. The number of rotatable bonds is 3. The number of carbonyl (C=O) groups excluding carboxylic acids is 1. The summed E-state index contributed by atoms with van der Waals surface area (Å²) in [4.78, 5) is 19.5. The number of methoxy groups -OCH3 is 1. The molecule has 1 amide bonds.